The van der Waals surface area contributed by atoms with Gasteiger partial charge in [0.15, 0.2) is 15.0 Å². The van der Waals surface area contributed by atoms with Gasteiger partial charge < -0.3 is 5.32 Å². The summed E-state index contributed by atoms with van der Waals surface area (Å²) in [6, 6.07) is 4.34. The Morgan fingerprint density at radius 3 is 2.75 bits per heavy atom. The number of nitrogens with one attached hydrogen (secondary N) is 1. The van der Waals surface area contributed by atoms with Crippen molar-refractivity contribution in [3.8, 4) is 0 Å². The van der Waals surface area contributed by atoms with Crippen LogP contribution in [-0.4, -0.2) is 40.1 Å². The highest BCUT2D eigenvalue weighted by molar-refractivity contribution is 7.92. The summed E-state index contributed by atoms with van der Waals surface area (Å²) >= 11 is 7.09. The molecule has 32 heavy (non-hydrogen) atoms. The molecule has 2 aliphatic carbocycles. The van der Waals surface area contributed by atoms with Gasteiger partial charge in [0.25, 0.3) is 5.91 Å². The van der Waals surface area contributed by atoms with Gasteiger partial charge in [-0.05, 0) is 43.7 Å². The minimum Gasteiger partial charge on any atom is -0.300 e. The normalized spacial score (nSPS) is 20.0. The van der Waals surface area contributed by atoms with Gasteiger partial charge in [-0.15, -0.1) is 0 Å². The van der Waals surface area contributed by atoms with E-state index in [-0.39, 0.29) is 27.8 Å². The third-order valence-electron chi connectivity index (χ3n) is 6.08. The van der Waals surface area contributed by atoms with E-state index in [0.29, 0.717) is 52.5 Å². The number of nitrogens with zero attached hydrogens (tertiary/aromatic N) is 3. The summed E-state index contributed by atoms with van der Waals surface area (Å²) in [5.74, 6) is -0.0596. The minimum absolute atomic E-state index is 0.0655. The molecule has 3 aromatic rings. The highest BCUT2D eigenvalue weighted by Gasteiger charge is 2.38. The Kier molecular flexibility index (Phi) is 5.55. The zero-order valence-corrected chi connectivity index (χ0v) is 19.4. The predicted octanol–water partition coefficient (Wildman–Crippen LogP) is 4.02. The Balaban J connectivity index is 1.53. The summed E-state index contributed by atoms with van der Waals surface area (Å²) < 4.78 is 27.8. The van der Waals surface area contributed by atoms with E-state index in [1.807, 2.05) is 0 Å². The highest BCUT2D eigenvalue weighted by Crippen LogP contribution is 2.38. The second-order valence-electron chi connectivity index (χ2n) is 8.38. The number of hydrogen-bond acceptors (Lipinski definition) is 7. The van der Waals surface area contributed by atoms with Crippen molar-refractivity contribution in [2.75, 3.05) is 5.32 Å². The van der Waals surface area contributed by atoms with Crippen molar-refractivity contribution in [3.63, 3.8) is 0 Å². The van der Waals surface area contributed by atoms with Crippen molar-refractivity contribution in [3.05, 3.63) is 34.9 Å². The lowest BCUT2D eigenvalue weighted by molar-refractivity contribution is -0.120. The van der Waals surface area contributed by atoms with Crippen LogP contribution in [0.3, 0.4) is 0 Å². The zero-order valence-electron chi connectivity index (χ0n) is 17.0. The van der Waals surface area contributed by atoms with E-state index in [2.05, 4.69) is 15.4 Å². The van der Waals surface area contributed by atoms with Crippen LogP contribution in [0, 0.1) is 5.92 Å². The molecular weight excluding hydrogens is 472 g/mol. The number of ketones is 1. The van der Waals surface area contributed by atoms with E-state index in [0.717, 1.165) is 17.8 Å². The van der Waals surface area contributed by atoms with Crippen LogP contribution in [0.4, 0.5) is 5.13 Å². The third-order valence-corrected chi connectivity index (χ3v) is 9.43. The number of amides is 1. The van der Waals surface area contributed by atoms with Crippen LogP contribution in [0.5, 0.6) is 0 Å². The summed E-state index contributed by atoms with van der Waals surface area (Å²) in [5, 5.41) is 7.78. The summed E-state index contributed by atoms with van der Waals surface area (Å²) in [5.41, 5.74) is 0.577. The number of thiazole rings is 1. The number of halogens is 1. The fourth-order valence-electron chi connectivity index (χ4n) is 4.33. The Bertz CT molecular complexity index is 1310. The Morgan fingerprint density at radius 1 is 1.28 bits per heavy atom. The summed E-state index contributed by atoms with van der Waals surface area (Å²) in [4.78, 5) is 29.4. The lowest BCUT2D eigenvalue weighted by Gasteiger charge is -2.21. The number of carbonyl (C=O) groups is 2. The van der Waals surface area contributed by atoms with Gasteiger partial charge in [-0.3, -0.25) is 14.3 Å². The summed E-state index contributed by atoms with van der Waals surface area (Å²) in [6.45, 7) is 0. The van der Waals surface area contributed by atoms with E-state index < -0.39 is 15.9 Å². The molecule has 2 aliphatic rings. The molecule has 2 heterocycles. The van der Waals surface area contributed by atoms with Crippen LogP contribution >= 0.6 is 22.9 Å². The van der Waals surface area contributed by atoms with Crippen molar-refractivity contribution in [1.82, 2.24) is 14.8 Å². The molecule has 0 saturated heterocycles. The number of fused-ring (bicyclic) bond motifs is 1. The Labute approximate surface area is 193 Å². The molecule has 2 aromatic heterocycles. The van der Waals surface area contributed by atoms with Gasteiger partial charge in [0.2, 0.25) is 0 Å². The molecule has 0 bridgehead atoms. The van der Waals surface area contributed by atoms with Crippen LogP contribution in [-0.2, 0) is 19.4 Å². The number of aromatic nitrogens is 3. The lowest BCUT2D eigenvalue weighted by atomic mass is 9.97. The number of sulfone groups is 1. The lowest BCUT2D eigenvalue weighted by Crippen LogP contribution is -2.28. The number of benzene rings is 1. The molecule has 2 fully saturated rings. The zero-order chi connectivity index (χ0) is 22.5. The maximum absolute atomic E-state index is 13.3. The number of rotatable bonds is 7. The average molecular weight is 493 g/mol. The van der Waals surface area contributed by atoms with Crippen LogP contribution in [0.15, 0.2) is 35.5 Å². The average Bonchev–Trinajstić information content (AvgIpc) is 3.24. The molecule has 0 radical (unpaired) electrons. The van der Waals surface area contributed by atoms with Gasteiger partial charge in [0, 0.05) is 18.2 Å². The molecule has 2 saturated carbocycles. The van der Waals surface area contributed by atoms with Crippen molar-refractivity contribution in [2.24, 2.45) is 5.92 Å². The topological polar surface area (TPSA) is 111 Å². The van der Waals surface area contributed by atoms with E-state index in [1.54, 1.807) is 22.9 Å². The molecule has 168 valence electrons. The molecule has 5 rings (SSSR count). The van der Waals surface area contributed by atoms with Gasteiger partial charge in [0.05, 0.1) is 28.1 Å². The maximum Gasteiger partial charge on any atom is 0.251 e. The molecule has 1 N–H and O–H groups in total. The molecule has 11 heteroatoms. The van der Waals surface area contributed by atoms with E-state index >= 15 is 0 Å². The quantitative estimate of drug-likeness (QED) is 0.533. The van der Waals surface area contributed by atoms with Gasteiger partial charge in [-0.1, -0.05) is 29.0 Å². The van der Waals surface area contributed by atoms with Crippen LogP contribution in [0.2, 0.25) is 4.34 Å². The molecule has 1 amide bonds. The summed E-state index contributed by atoms with van der Waals surface area (Å²) in [7, 11) is -3.42. The number of Topliss-reactive ketones (excluding diaryl/α,β-unsaturated/α-hetero) is 1. The van der Waals surface area contributed by atoms with Gasteiger partial charge in [0.1, 0.15) is 16.2 Å². The van der Waals surface area contributed by atoms with Gasteiger partial charge in [-0.2, -0.15) is 5.10 Å². The molecule has 2 atom stereocenters. The Morgan fingerprint density at radius 2 is 2.09 bits per heavy atom. The molecule has 1 aromatic carbocycles. The number of hydrogen-bond donors (Lipinski definition) is 1. The van der Waals surface area contributed by atoms with E-state index in [9.17, 15) is 18.0 Å². The highest BCUT2D eigenvalue weighted by atomic mass is 35.5. The number of anilines is 1. The summed E-state index contributed by atoms with van der Waals surface area (Å²) in [6.07, 6.45) is 6.43. The SMILES string of the molecule is O=C1CC[C@H](CC(C(=O)Nc2ncc(Cl)s2)n2ncc3c(S(=O)(=O)C4CC4)cccc32)C1. The second-order valence-corrected chi connectivity index (χ2v) is 12.2. The van der Waals surface area contributed by atoms with E-state index in [1.165, 1.54) is 12.4 Å². The van der Waals surface area contributed by atoms with Crippen LogP contribution in [0.25, 0.3) is 10.9 Å². The number of carbonyl (C=O) groups excluding carboxylic acids is 2. The van der Waals surface area contributed by atoms with Gasteiger partial charge >= 0.3 is 0 Å². The molecule has 8 nitrogen and oxygen atoms in total. The first-order chi connectivity index (χ1) is 15.3. The Hall–Kier alpha value is -2.30. The first-order valence-corrected chi connectivity index (χ1v) is 13.2. The monoisotopic (exact) mass is 492 g/mol. The first-order valence-electron chi connectivity index (χ1n) is 10.5. The maximum atomic E-state index is 13.3. The second kappa shape index (κ2) is 8.24. The minimum atomic E-state index is -3.42. The van der Waals surface area contributed by atoms with Crippen molar-refractivity contribution >= 4 is 60.5 Å². The third kappa shape index (κ3) is 4.06. The van der Waals surface area contributed by atoms with Crippen molar-refractivity contribution in [1.29, 1.82) is 0 Å². The van der Waals surface area contributed by atoms with Crippen LogP contribution in [0.1, 0.15) is 44.6 Å². The van der Waals surface area contributed by atoms with Gasteiger partial charge in [-0.25, -0.2) is 13.4 Å². The standard InChI is InChI=1S/C21H21ClN4O4S2/c22-19-11-23-21(31-19)25-20(28)17(9-12-4-5-13(27)8-12)26-16-2-1-3-18(15(16)10-24-26)32(29,30)14-6-7-14/h1-3,10-12,14,17H,4-9H2,(H,23,25,28)/t12-,17?/m0/s1. The largest absolute Gasteiger partial charge is 0.300 e. The van der Waals surface area contributed by atoms with Crippen molar-refractivity contribution < 1.29 is 18.0 Å². The van der Waals surface area contributed by atoms with Crippen LogP contribution < -0.4 is 5.32 Å². The molecule has 0 spiro atoms. The fraction of sp³-hybridized carbons (Fsp3) is 0.429. The molecular formula is C21H21ClN4O4S2. The van der Waals surface area contributed by atoms with Crippen molar-refractivity contribution in [2.45, 2.75) is 54.7 Å². The predicted molar refractivity (Wildman–Crippen MR) is 122 cm³/mol. The smallest absolute Gasteiger partial charge is 0.251 e. The van der Waals surface area contributed by atoms with E-state index in [4.69, 9.17) is 11.6 Å². The molecule has 0 aliphatic heterocycles. The fourth-order valence-corrected chi connectivity index (χ4v) is 6.99. The first kappa shape index (κ1) is 21.5. The molecule has 1 unspecified atom stereocenters.